The molecule has 0 aliphatic rings. The van der Waals surface area contributed by atoms with Crippen LogP contribution in [0.4, 0.5) is 5.69 Å². The van der Waals surface area contributed by atoms with Crippen molar-refractivity contribution in [1.82, 2.24) is 20.2 Å². The zero-order chi connectivity index (χ0) is 16.8. The lowest BCUT2D eigenvalue weighted by atomic mass is 10.2. The largest absolute Gasteiger partial charge is 0.421 e. The Kier molecular flexibility index (Phi) is 4.99. The monoisotopic (exact) mass is 327 g/mol. The molecule has 0 bridgehead atoms. The van der Waals surface area contributed by atoms with E-state index >= 15 is 0 Å². The van der Waals surface area contributed by atoms with Crippen molar-refractivity contribution in [2.45, 2.75) is 6.10 Å². The van der Waals surface area contributed by atoms with E-state index in [-0.39, 0.29) is 19.2 Å². The van der Waals surface area contributed by atoms with Crippen molar-refractivity contribution < 1.29 is 14.9 Å². The Bertz CT molecular complexity index is 778. The normalized spacial score (nSPS) is 11.9. The van der Waals surface area contributed by atoms with Crippen LogP contribution in [-0.2, 0) is 0 Å². The SMILES string of the molecule is OCC(O)CNc1ccccc1Oc1nnnn1-c1ccccc1. The van der Waals surface area contributed by atoms with Crippen LogP contribution in [0.1, 0.15) is 0 Å². The molecule has 1 heterocycles. The average molecular weight is 327 g/mol. The van der Waals surface area contributed by atoms with Crippen LogP contribution in [0.2, 0.25) is 0 Å². The number of nitrogens with one attached hydrogen (secondary N) is 1. The van der Waals surface area contributed by atoms with Gasteiger partial charge in [0.05, 0.1) is 24.1 Å². The summed E-state index contributed by atoms with van der Waals surface area (Å²) in [6.07, 6.45) is -0.854. The van der Waals surface area contributed by atoms with Gasteiger partial charge in [-0.25, -0.2) is 0 Å². The van der Waals surface area contributed by atoms with E-state index in [9.17, 15) is 5.11 Å². The highest BCUT2D eigenvalue weighted by Crippen LogP contribution is 2.28. The molecule has 0 aliphatic carbocycles. The number of hydrogen-bond acceptors (Lipinski definition) is 7. The maximum Gasteiger partial charge on any atom is 0.345 e. The number of para-hydroxylation sites is 3. The van der Waals surface area contributed by atoms with E-state index in [4.69, 9.17) is 9.84 Å². The van der Waals surface area contributed by atoms with Gasteiger partial charge in [-0.1, -0.05) is 35.4 Å². The van der Waals surface area contributed by atoms with Crippen LogP contribution in [0.3, 0.4) is 0 Å². The minimum atomic E-state index is -0.854. The first-order valence-corrected chi connectivity index (χ1v) is 7.41. The number of hydrogen-bond donors (Lipinski definition) is 3. The minimum absolute atomic E-state index is 0.195. The number of aliphatic hydroxyl groups excluding tert-OH is 2. The lowest BCUT2D eigenvalue weighted by molar-refractivity contribution is 0.105. The molecule has 0 fully saturated rings. The van der Waals surface area contributed by atoms with Crippen LogP contribution >= 0.6 is 0 Å². The van der Waals surface area contributed by atoms with Gasteiger partial charge in [0.1, 0.15) is 0 Å². The molecule has 8 nitrogen and oxygen atoms in total. The van der Waals surface area contributed by atoms with Gasteiger partial charge >= 0.3 is 6.01 Å². The van der Waals surface area contributed by atoms with E-state index in [0.29, 0.717) is 11.4 Å². The first-order chi connectivity index (χ1) is 11.8. The molecule has 2 aromatic carbocycles. The third kappa shape index (κ3) is 3.67. The lowest BCUT2D eigenvalue weighted by Gasteiger charge is -2.14. The quantitative estimate of drug-likeness (QED) is 0.599. The molecule has 3 rings (SSSR count). The second-order valence-electron chi connectivity index (χ2n) is 5.02. The Morgan fingerprint density at radius 1 is 1.08 bits per heavy atom. The summed E-state index contributed by atoms with van der Waals surface area (Å²) in [6, 6.07) is 16.8. The second kappa shape index (κ2) is 7.53. The summed E-state index contributed by atoms with van der Waals surface area (Å²) in [6.45, 7) is -0.122. The van der Waals surface area contributed by atoms with Crippen molar-refractivity contribution in [2.24, 2.45) is 0 Å². The van der Waals surface area contributed by atoms with Gasteiger partial charge in [0.2, 0.25) is 0 Å². The van der Waals surface area contributed by atoms with Crippen LogP contribution in [0, 0.1) is 0 Å². The van der Waals surface area contributed by atoms with E-state index in [1.165, 1.54) is 4.68 Å². The zero-order valence-corrected chi connectivity index (χ0v) is 12.8. The number of aliphatic hydroxyl groups is 2. The van der Waals surface area contributed by atoms with Crippen LogP contribution in [-0.4, -0.2) is 49.7 Å². The molecule has 24 heavy (non-hydrogen) atoms. The van der Waals surface area contributed by atoms with Crippen LogP contribution < -0.4 is 10.1 Å². The molecule has 0 spiro atoms. The smallest absolute Gasteiger partial charge is 0.345 e. The van der Waals surface area contributed by atoms with Crippen molar-refractivity contribution in [3.63, 3.8) is 0 Å². The number of benzene rings is 2. The zero-order valence-electron chi connectivity index (χ0n) is 12.8. The fourth-order valence-corrected chi connectivity index (χ4v) is 2.07. The topological polar surface area (TPSA) is 105 Å². The maximum absolute atomic E-state index is 9.47. The third-order valence-corrected chi connectivity index (χ3v) is 3.27. The third-order valence-electron chi connectivity index (χ3n) is 3.27. The number of rotatable bonds is 7. The molecule has 8 heteroatoms. The van der Waals surface area contributed by atoms with Gasteiger partial charge in [0.25, 0.3) is 0 Å². The number of ether oxygens (including phenoxy) is 1. The fourth-order valence-electron chi connectivity index (χ4n) is 2.07. The van der Waals surface area contributed by atoms with E-state index in [1.54, 1.807) is 12.1 Å². The van der Waals surface area contributed by atoms with Gasteiger partial charge in [-0.2, -0.15) is 4.68 Å². The molecule has 1 unspecified atom stereocenters. The van der Waals surface area contributed by atoms with E-state index in [1.807, 2.05) is 42.5 Å². The van der Waals surface area contributed by atoms with Crippen LogP contribution in [0.5, 0.6) is 11.8 Å². The minimum Gasteiger partial charge on any atom is -0.421 e. The summed E-state index contributed by atoms with van der Waals surface area (Å²) in [4.78, 5) is 0. The summed E-state index contributed by atoms with van der Waals surface area (Å²) >= 11 is 0. The lowest BCUT2D eigenvalue weighted by Crippen LogP contribution is -2.23. The van der Waals surface area contributed by atoms with Crippen LogP contribution in [0.25, 0.3) is 5.69 Å². The average Bonchev–Trinajstić information content (AvgIpc) is 3.09. The second-order valence-corrected chi connectivity index (χ2v) is 5.02. The highest BCUT2D eigenvalue weighted by molar-refractivity contribution is 5.57. The van der Waals surface area contributed by atoms with Crippen molar-refractivity contribution in [2.75, 3.05) is 18.5 Å². The molecule has 0 radical (unpaired) electrons. The van der Waals surface area contributed by atoms with Crippen molar-refractivity contribution in [3.8, 4) is 17.4 Å². The van der Waals surface area contributed by atoms with Gasteiger partial charge in [-0.05, 0) is 34.7 Å². The Balaban J connectivity index is 1.81. The predicted octanol–water partition coefficient (Wildman–Crippen LogP) is 1.22. The summed E-state index contributed by atoms with van der Waals surface area (Å²) in [5.41, 5.74) is 1.44. The molecular weight excluding hydrogens is 310 g/mol. The van der Waals surface area contributed by atoms with Crippen molar-refractivity contribution in [3.05, 3.63) is 54.6 Å². The Hall–Kier alpha value is -2.97. The highest BCUT2D eigenvalue weighted by atomic mass is 16.5. The summed E-state index contributed by atoms with van der Waals surface area (Å²) < 4.78 is 7.31. The Labute approximate surface area is 138 Å². The molecule has 1 atom stereocenters. The van der Waals surface area contributed by atoms with Gasteiger partial charge in [0.15, 0.2) is 5.75 Å². The molecular formula is C16H17N5O3. The summed E-state index contributed by atoms with van der Waals surface area (Å²) in [5.74, 6) is 0.509. The Morgan fingerprint density at radius 3 is 2.62 bits per heavy atom. The molecule has 1 aromatic heterocycles. The Morgan fingerprint density at radius 2 is 1.83 bits per heavy atom. The first-order valence-electron chi connectivity index (χ1n) is 7.41. The molecule has 0 saturated heterocycles. The molecule has 124 valence electrons. The van der Waals surface area contributed by atoms with Crippen LogP contribution in [0.15, 0.2) is 54.6 Å². The van der Waals surface area contributed by atoms with Gasteiger partial charge < -0.3 is 20.3 Å². The summed E-state index contributed by atoms with van der Waals surface area (Å²) in [7, 11) is 0. The molecule has 3 N–H and O–H groups in total. The van der Waals surface area contributed by atoms with Gasteiger partial charge in [-0.3, -0.25) is 0 Å². The number of anilines is 1. The summed E-state index contributed by atoms with van der Waals surface area (Å²) in [5, 5.41) is 32.9. The number of tetrazole rings is 1. The standard InChI is InChI=1S/C16H17N5O3/c22-11-13(23)10-17-14-8-4-5-9-15(14)24-16-18-19-20-21(16)12-6-2-1-3-7-12/h1-9,13,17,22-23H,10-11H2. The van der Waals surface area contributed by atoms with Gasteiger partial charge in [0, 0.05) is 6.54 Å². The van der Waals surface area contributed by atoms with E-state index in [0.717, 1.165) is 5.69 Å². The van der Waals surface area contributed by atoms with Gasteiger partial charge in [-0.15, -0.1) is 0 Å². The predicted molar refractivity (Wildman–Crippen MR) is 87.3 cm³/mol. The first kappa shape index (κ1) is 15.9. The number of aromatic nitrogens is 4. The number of nitrogens with zero attached hydrogens (tertiary/aromatic N) is 4. The molecule has 0 saturated carbocycles. The molecule has 0 aliphatic heterocycles. The maximum atomic E-state index is 9.47. The van der Waals surface area contributed by atoms with Crippen molar-refractivity contribution >= 4 is 5.69 Å². The highest BCUT2D eigenvalue weighted by Gasteiger charge is 2.13. The van der Waals surface area contributed by atoms with Crippen molar-refractivity contribution in [1.29, 1.82) is 0 Å². The molecule has 0 amide bonds. The molecule has 3 aromatic rings. The van der Waals surface area contributed by atoms with E-state index < -0.39 is 6.10 Å². The fraction of sp³-hybridized carbons (Fsp3) is 0.188. The van der Waals surface area contributed by atoms with E-state index in [2.05, 4.69) is 20.8 Å².